The molecule has 6 heteroatoms. The average molecular weight is 374 g/mol. The van der Waals surface area contributed by atoms with E-state index in [1.807, 2.05) is 20.8 Å². The van der Waals surface area contributed by atoms with Crippen molar-refractivity contribution >= 4 is 22.7 Å². The summed E-state index contributed by atoms with van der Waals surface area (Å²) in [7, 11) is -1.03. The standard InChI is InChI=1S/C19H35NO4S/c1-17(2,3)15(16(22)23)20-14(21)12-19(10-8-7-9-11-19)13-25(24)18(4,5)6/h15H,7-13H2,1-6H3,(H,20,21)(H,22,23)/t15-,25?/m1/s1. The van der Waals surface area contributed by atoms with Crippen LogP contribution in [0.1, 0.15) is 80.1 Å². The van der Waals surface area contributed by atoms with E-state index in [-0.39, 0.29) is 22.5 Å². The monoisotopic (exact) mass is 373 g/mol. The van der Waals surface area contributed by atoms with Crippen molar-refractivity contribution < 1.29 is 18.9 Å². The molecule has 0 spiro atoms. The van der Waals surface area contributed by atoms with Gasteiger partial charge in [0, 0.05) is 27.7 Å². The van der Waals surface area contributed by atoms with E-state index in [1.54, 1.807) is 20.8 Å². The van der Waals surface area contributed by atoms with Crippen molar-refractivity contribution in [3.05, 3.63) is 0 Å². The number of hydrogen-bond acceptors (Lipinski definition) is 3. The van der Waals surface area contributed by atoms with Gasteiger partial charge in [-0.25, -0.2) is 4.79 Å². The molecule has 5 nitrogen and oxygen atoms in total. The Hall–Kier alpha value is -0.910. The second-order valence-electron chi connectivity index (χ2n) is 9.54. The van der Waals surface area contributed by atoms with Crippen molar-refractivity contribution in [2.75, 3.05) is 5.75 Å². The predicted octanol–water partition coefficient (Wildman–Crippen LogP) is 3.49. The van der Waals surface area contributed by atoms with Crippen LogP contribution >= 0.6 is 0 Å². The molecule has 1 aliphatic rings. The predicted molar refractivity (Wildman–Crippen MR) is 102 cm³/mol. The van der Waals surface area contributed by atoms with Crippen LogP contribution in [0.15, 0.2) is 0 Å². The van der Waals surface area contributed by atoms with E-state index in [4.69, 9.17) is 0 Å². The normalized spacial score (nSPS) is 20.6. The summed E-state index contributed by atoms with van der Waals surface area (Å²) in [6.45, 7) is 11.3. The number of hydrogen-bond donors (Lipinski definition) is 2. The molecule has 0 radical (unpaired) electrons. The maximum absolute atomic E-state index is 12.7. The Morgan fingerprint density at radius 1 is 1.08 bits per heavy atom. The molecule has 0 aromatic carbocycles. The summed E-state index contributed by atoms with van der Waals surface area (Å²) >= 11 is 0. The fourth-order valence-corrected chi connectivity index (χ4v) is 4.75. The molecule has 0 aromatic heterocycles. The first kappa shape index (κ1) is 22.1. The van der Waals surface area contributed by atoms with Gasteiger partial charge in [0.1, 0.15) is 6.04 Å². The zero-order chi connectivity index (χ0) is 19.5. The molecule has 0 saturated heterocycles. The molecule has 2 atom stereocenters. The molecule has 1 rings (SSSR count). The van der Waals surface area contributed by atoms with Crippen LogP contribution in [0.5, 0.6) is 0 Å². The number of carboxylic acids is 1. The Bertz CT molecular complexity index is 510. The average Bonchev–Trinajstić information content (AvgIpc) is 2.43. The van der Waals surface area contributed by atoms with Crippen molar-refractivity contribution in [1.82, 2.24) is 5.32 Å². The summed E-state index contributed by atoms with van der Waals surface area (Å²) in [6, 6.07) is -0.922. The number of carboxylic acid groups (broad SMARTS) is 1. The van der Waals surface area contributed by atoms with E-state index in [9.17, 15) is 18.9 Å². The SMILES string of the molecule is CC(C)(C)[C@H](NC(=O)CC1(CS(=O)C(C)(C)C)CCCCC1)C(=O)O. The molecule has 1 unspecified atom stereocenters. The molecule has 2 N–H and O–H groups in total. The third-order valence-electron chi connectivity index (χ3n) is 4.99. The van der Waals surface area contributed by atoms with E-state index in [2.05, 4.69) is 5.32 Å². The van der Waals surface area contributed by atoms with Crippen LogP contribution in [0.3, 0.4) is 0 Å². The molecule has 25 heavy (non-hydrogen) atoms. The minimum absolute atomic E-state index is 0.241. The van der Waals surface area contributed by atoms with Gasteiger partial charge in [-0.05, 0) is 44.4 Å². The lowest BCUT2D eigenvalue weighted by atomic mass is 9.73. The lowest BCUT2D eigenvalue weighted by Gasteiger charge is -2.39. The quantitative estimate of drug-likeness (QED) is 0.746. The van der Waals surface area contributed by atoms with Crippen molar-refractivity contribution in [2.45, 2.75) is 90.9 Å². The van der Waals surface area contributed by atoms with Gasteiger partial charge in [-0.15, -0.1) is 0 Å². The smallest absolute Gasteiger partial charge is 0.326 e. The highest BCUT2D eigenvalue weighted by molar-refractivity contribution is 7.86. The summed E-state index contributed by atoms with van der Waals surface area (Å²) < 4.78 is 12.4. The summed E-state index contributed by atoms with van der Waals surface area (Å²) in [5, 5.41) is 12.1. The molecule has 1 saturated carbocycles. The summed E-state index contributed by atoms with van der Waals surface area (Å²) in [5.41, 5.74) is -0.836. The van der Waals surface area contributed by atoms with E-state index in [0.29, 0.717) is 5.75 Å². The lowest BCUT2D eigenvalue weighted by Crippen LogP contribution is -2.50. The molecule has 1 amide bonds. The highest BCUT2D eigenvalue weighted by atomic mass is 32.2. The summed E-state index contributed by atoms with van der Waals surface area (Å²) in [6.07, 6.45) is 5.25. The third-order valence-corrected chi connectivity index (χ3v) is 7.23. The van der Waals surface area contributed by atoms with Crippen molar-refractivity contribution in [2.24, 2.45) is 10.8 Å². The lowest BCUT2D eigenvalue weighted by molar-refractivity contribution is -0.145. The van der Waals surface area contributed by atoms with Crippen LogP contribution in [0.4, 0.5) is 0 Å². The number of aliphatic carboxylic acids is 1. The Balaban J connectivity index is 2.89. The fourth-order valence-electron chi connectivity index (χ4n) is 3.37. The van der Waals surface area contributed by atoms with Crippen LogP contribution < -0.4 is 5.32 Å². The van der Waals surface area contributed by atoms with Crippen molar-refractivity contribution in [3.63, 3.8) is 0 Å². The molecular formula is C19H35NO4S. The van der Waals surface area contributed by atoms with Gasteiger partial charge in [-0.1, -0.05) is 40.0 Å². The first-order chi connectivity index (χ1) is 11.3. The van der Waals surface area contributed by atoms with Crippen LogP contribution in [0, 0.1) is 10.8 Å². The zero-order valence-electron chi connectivity index (χ0n) is 16.6. The topological polar surface area (TPSA) is 83.5 Å². The molecule has 146 valence electrons. The van der Waals surface area contributed by atoms with Crippen LogP contribution in [0.2, 0.25) is 0 Å². The largest absolute Gasteiger partial charge is 0.480 e. The first-order valence-electron chi connectivity index (χ1n) is 9.18. The summed E-state index contributed by atoms with van der Waals surface area (Å²) in [4.78, 5) is 24.1. The van der Waals surface area contributed by atoms with Crippen molar-refractivity contribution in [3.8, 4) is 0 Å². The minimum Gasteiger partial charge on any atom is -0.480 e. The van der Waals surface area contributed by atoms with E-state index < -0.39 is 28.2 Å². The maximum atomic E-state index is 12.7. The maximum Gasteiger partial charge on any atom is 0.326 e. The Labute approximate surface area is 154 Å². The van der Waals surface area contributed by atoms with Gasteiger partial charge in [0.25, 0.3) is 0 Å². The fraction of sp³-hybridized carbons (Fsp3) is 0.895. The molecule has 1 aliphatic carbocycles. The molecule has 0 aromatic rings. The zero-order valence-corrected chi connectivity index (χ0v) is 17.4. The molecule has 0 heterocycles. The third kappa shape index (κ3) is 6.72. The van der Waals surface area contributed by atoms with Crippen LogP contribution in [-0.4, -0.2) is 37.7 Å². The second kappa shape index (κ2) is 8.19. The highest BCUT2D eigenvalue weighted by Gasteiger charge is 2.40. The number of rotatable bonds is 6. The van der Waals surface area contributed by atoms with Gasteiger partial charge in [-0.3, -0.25) is 9.00 Å². The van der Waals surface area contributed by atoms with Gasteiger partial charge >= 0.3 is 5.97 Å². The number of carbonyl (C=O) groups is 2. The van der Waals surface area contributed by atoms with Gasteiger partial charge in [0.05, 0.1) is 0 Å². The first-order valence-corrected chi connectivity index (χ1v) is 10.5. The van der Waals surface area contributed by atoms with Gasteiger partial charge < -0.3 is 10.4 Å². The summed E-state index contributed by atoms with van der Waals surface area (Å²) in [5.74, 6) is -0.746. The van der Waals surface area contributed by atoms with E-state index in [1.165, 1.54) is 0 Å². The highest BCUT2D eigenvalue weighted by Crippen LogP contribution is 2.41. The second-order valence-corrected chi connectivity index (χ2v) is 11.7. The van der Waals surface area contributed by atoms with Gasteiger partial charge in [0.15, 0.2) is 0 Å². The Morgan fingerprint density at radius 3 is 2.00 bits per heavy atom. The van der Waals surface area contributed by atoms with Crippen molar-refractivity contribution in [1.29, 1.82) is 0 Å². The Morgan fingerprint density at radius 2 is 1.60 bits per heavy atom. The molecule has 0 aliphatic heterocycles. The van der Waals surface area contributed by atoms with Crippen LogP contribution in [0.25, 0.3) is 0 Å². The molecular weight excluding hydrogens is 338 g/mol. The number of amides is 1. The van der Waals surface area contributed by atoms with E-state index >= 15 is 0 Å². The van der Waals surface area contributed by atoms with Crippen LogP contribution in [-0.2, 0) is 20.4 Å². The van der Waals surface area contributed by atoms with E-state index in [0.717, 1.165) is 32.1 Å². The minimum atomic E-state index is -1.03. The van der Waals surface area contributed by atoms with Gasteiger partial charge in [0.2, 0.25) is 5.91 Å². The Kier molecular flexibility index (Phi) is 7.25. The number of nitrogens with one attached hydrogen (secondary N) is 1. The molecule has 0 bridgehead atoms. The number of carbonyl (C=O) groups excluding carboxylic acids is 1. The molecule has 1 fully saturated rings. The van der Waals surface area contributed by atoms with Gasteiger partial charge in [-0.2, -0.15) is 0 Å².